The summed E-state index contributed by atoms with van der Waals surface area (Å²) in [4.78, 5) is 11.3. The monoisotopic (exact) mass is 288 g/mol. The molecule has 0 saturated heterocycles. The summed E-state index contributed by atoms with van der Waals surface area (Å²) in [5.74, 6) is 3.63. The summed E-state index contributed by atoms with van der Waals surface area (Å²) in [6.45, 7) is 2.41. The van der Waals surface area contributed by atoms with Crippen LogP contribution >= 0.6 is 0 Å². The molecule has 0 bridgehead atoms. The summed E-state index contributed by atoms with van der Waals surface area (Å²) in [6, 6.07) is 0. The third-order valence-electron chi connectivity index (χ3n) is 5.39. The van der Waals surface area contributed by atoms with Gasteiger partial charge < -0.3 is 10.6 Å². The fourth-order valence-electron chi connectivity index (χ4n) is 4.42. The third kappa shape index (κ3) is 2.72. The maximum absolute atomic E-state index is 5.93. The minimum atomic E-state index is 0.425. The maximum Gasteiger partial charge on any atom is 0.222 e. The molecule has 21 heavy (non-hydrogen) atoms. The van der Waals surface area contributed by atoms with Gasteiger partial charge in [0.2, 0.25) is 5.95 Å². The van der Waals surface area contributed by atoms with E-state index in [1.54, 1.807) is 0 Å². The number of aryl methyl sites for hydroxylation is 1. The van der Waals surface area contributed by atoms with Crippen LogP contribution in [-0.2, 0) is 6.42 Å². The smallest absolute Gasteiger partial charge is 0.222 e. The fraction of sp³-hybridized carbons (Fsp3) is 0.765. The normalized spacial score (nSPS) is 26.4. The van der Waals surface area contributed by atoms with E-state index in [-0.39, 0.29) is 0 Å². The highest BCUT2D eigenvalue weighted by molar-refractivity contribution is 5.54. The van der Waals surface area contributed by atoms with E-state index in [2.05, 4.69) is 35.9 Å². The van der Waals surface area contributed by atoms with Crippen LogP contribution in [0.25, 0.3) is 0 Å². The Hall–Kier alpha value is -1.32. The van der Waals surface area contributed by atoms with Gasteiger partial charge in [-0.2, -0.15) is 4.98 Å². The number of fused-ring (bicyclic) bond motifs is 1. The van der Waals surface area contributed by atoms with Crippen molar-refractivity contribution in [2.75, 3.05) is 24.7 Å². The highest BCUT2D eigenvalue weighted by Gasteiger charge is 2.37. The molecule has 1 fully saturated rings. The molecule has 116 valence electrons. The third-order valence-corrected chi connectivity index (χ3v) is 5.39. The van der Waals surface area contributed by atoms with Crippen molar-refractivity contribution in [3.8, 4) is 0 Å². The van der Waals surface area contributed by atoms with E-state index in [9.17, 15) is 0 Å². The highest BCUT2D eigenvalue weighted by atomic mass is 15.2. The lowest BCUT2D eigenvalue weighted by atomic mass is 9.67. The van der Waals surface area contributed by atoms with Crippen LogP contribution in [0.1, 0.15) is 62.6 Å². The zero-order valence-electron chi connectivity index (χ0n) is 13.6. The Morgan fingerprint density at radius 1 is 1.05 bits per heavy atom. The second kappa shape index (κ2) is 5.82. The summed E-state index contributed by atoms with van der Waals surface area (Å²) >= 11 is 0. The molecule has 2 aliphatic rings. The van der Waals surface area contributed by atoms with E-state index in [1.165, 1.54) is 49.8 Å². The average molecular weight is 288 g/mol. The Labute approximate surface area is 128 Å². The number of nitrogens with two attached hydrogens (primary N) is 1. The van der Waals surface area contributed by atoms with Crippen LogP contribution in [0.3, 0.4) is 0 Å². The van der Waals surface area contributed by atoms with E-state index >= 15 is 0 Å². The highest BCUT2D eigenvalue weighted by Crippen LogP contribution is 2.48. The first kappa shape index (κ1) is 14.6. The molecule has 2 atom stereocenters. The van der Waals surface area contributed by atoms with Crippen LogP contribution in [0.15, 0.2) is 0 Å². The molecule has 4 nitrogen and oxygen atoms in total. The van der Waals surface area contributed by atoms with Gasteiger partial charge >= 0.3 is 0 Å². The molecule has 1 aromatic rings. The molecular weight excluding hydrogens is 260 g/mol. The van der Waals surface area contributed by atoms with E-state index in [4.69, 9.17) is 5.73 Å². The molecular formula is C17H28N4. The first-order valence-electron chi connectivity index (χ1n) is 8.41. The SMILES string of the molecule is CC1CCc2nc(N)nc(N(C)C)c2C1C1CCCCC1. The predicted octanol–water partition coefficient (Wildman–Crippen LogP) is 3.37. The van der Waals surface area contributed by atoms with Crippen molar-refractivity contribution in [1.29, 1.82) is 0 Å². The zero-order valence-corrected chi connectivity index (χ0v) is 13.6. The Morgan fingerprint density at radius 3 is 2.43 bits per heavy atom. The first-order chi connectivity index (χ1) is 10.1. The van der Waals surface area contributed by atoms with Gasteiger partial charge in [-0.25, -0.2) is 4.98 Å². The van der Waals surface area contributed by atoms with Crippen molar-refractivity contribution < 1.29 is 0 Å². The quantitative estimate of drug-likeness (QED) is 0.906. The van der Waals surface area contributed by atoms with Crippen molar-refractivity contribution >= 4 is 11.8 Å². The van der Waals surface area contributed by atoms with Gasteiger partial charge in [0.05, 0.1) is 5.69 Å². The van der Waals surface area contributed by atoms with Gasteiger partial charge in [-0.05, 0) is 43.4 Å². The van der Waals surface area contributed by atoms with Crippen LogP contribution in [0, 0.1) is 11.8 Å². The first-order valence-corrected chi connectivity index (χ1v) is 8.41. The molecule has 2 N–H and O–H groups in total. The van der Waals surface area contributed by atoms with Gasteiger partial charge in [0, 0.05) is 19.7 Å². The number of nitrogen functional groups attached to an aromatic ring is 1. The van der Waals surface area contributed by atoms with Gasteiger partial charge in [0.1, 0.15) is 5.82 Å². The minimum absolute atomic E-state index is 0.425. The molecule has 0 radical (unpaired) electrons. The van der Waals surface area contributed by atoms with Crippen molar-refractivity contribution in [2.45, 2.75) is 57.8 Å². The fourth-order valence-corrected chi connectivity index (χ4v) is 4.42. The van der Waals surface area contributed by atoms with Gasteiger partial charge in [-0.1, -0.05) is 26.2 Å². The molecule has 0 spiro atoms. The molecule has 0 aromatic carbocycles. The van der Waals surface area contributed by atoms with Crippen LogP contribution in [0.5, 0.6) is 0 Å². The lowest BCUT2D eigenvalue weighted by Crippen LogP contribution is -2.30. The van der Waals surface area contributed by atoms with E-state index in [0.29, 0.717) is 11.9 Å². The lowest BCUT2D eigenvalue weighted by Gasteiger charge is -2.40. The number of rotatable bonds is 2. The molecule has 2 unspecified atom stereocenters. The van der Waals surface area contributed by atoms with Crippen LogP contribution in [-0.4, -0.2) is 24.1 Å². The summed E-state index contributed by atoms with van der Waals surface area (Å²) in [7, 11) is 4.14. The largest absolute Gasteiger partial charge is 0.368 e. The van der Waals surface area contributed by atoms with Crippen LogP contribution in [0.4, 0.5) is 11.8 Å². The maximum atomic E-state index is 5.93. The van der Waals surface area contributed by atoms with Crippen molar-refractivity contribution in [1.82, 2.24) is 9.97 Å². The number of aromatic nitrogens is 2. The van der Waals surface area contributed by atoms with Gasteiger partial charge in [0.15, 0.2) is 0 Å². The lowest BCUT2D eigenvalue weighted by molar-refractivity contribution is 0.232. The molecule has 0 aliphatic heterocycles. The zero-order chi connectivity index (χ0) is 15.0. The standard InChI is InChI=1S/C17H28N4/c1-11-9-10-13-15(14(11)12-7-5-4-6-8-12)16(21(2)3)20-17(18)19-13/h11-12,14H,4-10H2,1-3H3,(H2,18,19,20). The second-order valence-electron chi connectivity index (χ2n) is 7.10. The number of anilines is 2. The summed E-state index contributed by atoms with van der Waals surface area (Å²) in [5, 5.41) is 0. The number of hydrogen-bond donors (Lipinski definition) is 1. The minimum Gasteiger partial charge on any atom is -0.368 e. The van der Waals surface area contributed by atoms with Crippen molar-refractivity contribution in [3.05, 3.63) is 11.3 Å². The molecule has 3 rings (SSSR count). The Balaban J connectivity index is 2.06. The van der Waals surface area contributed by atoms with Gasteiger partial charge in [0.25, 0.3) is 0 Å². The van der Waals surface area contributed by atoms with Gasteiger partial charge in [-0.3, -0.25) is 0 Å². The number of nitrogens with zero attached hydrogens (tertiary/aromatic N) is 3. The van der Waals surface area contributed by atoms with Crippen LogP contribution < -0.4 is 10.6 Å². The molecule has 1 aromatic heterocycles. The van der Waals surface area contributed by atoms with Crippen molar-refractivity contribution in [3.63, 3.8) is 0 Å². The molecule has 4 heteroatoms. The molecule has 1 saturated carbocycles. The average Bonchev–Trinajstić information content (AvgIpc) is 2.47. The Morgan fingerprint density at radius 2 is 1.76 bits per heavy atom. The van der Waals surface area contributed by atoms with E-state index in [0.717, 1.165) is 24.1 Å². The number of hydrogen-bond acceptors (Lipinski definition) is 4. The van der Waals surface area contributed by atoms with Crippen LogP contribution in [0.2, 0.25) is 0 Å². The summed E-state index contributed by atoms with van der Waals surface area (Å²) < 4.78 is 0. The topological polar surface area (TPSA) is 55.0 Å². The predicted molar refractivity (Wildman–Crippen MR) is 87.6 cm³/mol. The molecule has 0 amide bonds. The summed E-state index contributed by atoms with van der Waals surface area (Å²) in [6.07, 6.45) is 9.19. The summed E-state index contributed by atoms with van der Waals surface area (Å²) in [5.41, 5.74) is 8.54. The second-order valence-corrected chi connectivity index (χ2v) is 7.10. The van der Waals surface area contributed by atoms with Crippen molar-refractivity contribution in [2.24, 2.45) is 11.8 Å². The Bertz CT molecular complexity index is 506. The molecule has 1 heterocycles. The van der Waals surface area contributed by atoms with E-state index < -0.39 is 0 Å². The van der Waals surface area contributed by atoms with E-state index in [1.807, 2.05) is 0 Å². The Kier molecular flexibility index (Phi) is 4.05. The van der Waals surface area contributed by atoms with Gasteiger partial charge in [-0.15, -0.1) is 0 Å². The molecule has 2 aliphatic carbocycles.